The number of allylic oxidation sites excluding steroid dienone is 2. The first-order valence-corrected chi connectivity index (χ1v) is 12.2. The average molecular weight is 472 g/mol. The Kier molecular flexibility index (Phi) is 5.21. The standard InChI is InChI=1S/C27H29N5O3/c1-32-24-21(30-23(33)15-35-2)11-17(12-22(24)31-25(32)16-4-3-9-28-13-16)26(34)29-14-18-10-19-5-6-20(18)27(19)7-8-27/h3-6,9,11-13,18-20H,7-8,10,14-15H2,1-2H3,(H,29,34)(H,30,33). The summed E-state index contributed by atoms with van der Waals surface area (Å²) in [6, 6.07) is 7.30. The molecule has 0 saturated heterocycles. The van der Waals surface area contributed by atoms with Crippen molar-refractivity contribution >= 4 is 28.5 Å². The number of nitrogens with zero attached hydrogens (tertiary/aromatic N) is 3. The highest BCUT2D eigenvalue weighted by Gasteiger charge is 2.62. The lowest BCUT2D eigenvalue weighted by Crippen LogP contribution is -2.31. The van der Waals surface area contributed by atoms with Crippen molar-refractivity contribution < 1.29 is 14.3 Å². The maximum absolute atomic E-state index is 13.2. The van der Waals surface area contributed by atoms with Crippen LogP contribution in [0, 0.1) is 23.2 Å². The van der Waals surface area contributed by atoms with E-state index < -0.39 is 0 Å². The average Bonchev–Trinajstić information content (AvgIpc) is 3.41. The van der Waals surface area contributed by atoms with Gasteiger partial charge in [-0.3, -0.25) is 14.6 Å². The van der Waals surface area contributed by atoms with Crippen LogP contribution < -0.4 is 10.6 Å². The van der Waals surface area contributed by atoms with Crippen molar-refractivity contribution in [3.05, 3.63) is 54.4 Å². The monoisotopic (exact) mass is 471 g/mol. The number of benzene rings is 1. The molecule has 180 valence electrons. The summed E-state index contributed by atoms with van der Waals surface area (Å²) in [7, 11) is 3.36. The Hall–Kier alpha value is -3.52. The van der Waals surface area contributed by atoms with Gasteiger partial charge in [0.25, 0.3) is 5.91 Å². The Morgan fingerprint density at radius 3 is 2.83 bits per heavy atom. The Morgan fingerprint density at radius 1 is 1.26 bits per heavy atom. The number of rotatable bonds is 7. The van der Waals surface area contributed by atoms with Gasteiger partial charge in [0.05, 0.1) is 16.7 Å². The molecule has 1 spiro atoms. The number of ether oxygens (including phenoxy) is 1. The first kappa shape index (κ1) is 22.0. The first-order chi connectivity index (χ1) is 17.0. The number of amides is 2. The summed E-state index contributed by atoms with van der Waals surface area (Å²) in [4.78, 5) is 34.6. The molecule has 2 N–H and O–H groups in total. The van der Waals surface area contributed by atoms with Crippen LogP contribution in [0.2, 0.25) is 0 Å². The van der Waals surface area contributed by atoms with E-state index in [2.05, 4.69) is 27.8 Å². The molecule has 1 aromatic carbocycles. The lowest BCUT2D eigenvalue weighted by atomic mass is 9.89. The number of nitrogens with one attached hydrogen (secondary N) is 2. The van der Waals surface area contributed by atoms with Gasteiger partial charge in [-0.05, 0) is 66.7 Å². The van der Waals surface area contributed by atoms with Crippen LogP contribution in [0.3, 0.4) is 0 Å². The normalized spacial score (nSPS) is 23.2. The lowest BCUT2D eigenvalue weighted by molar-refractivity contribution is -0.119. The number of fused-ring (bicyclic) bond motifs is 1. The third-order valence-corrected chi connectivity index (χ3v) is 8.07. The number of aromatic nitrogens is 3. The van der Waals surface area contributed by atoms with Gasteiger partial charge in [0.1, 0.15) is 12.4 Å². The summed E-state index contributed by atoms with van der Waals surface area (Å²) in [6.07, 6.45) is 12.0. The summed E-state index contributed by atoms with van der Waals surface area (Å²) >= 11 is 0. The second-order valence-electron chi connectivity index (χ2n) is 10.1. The van der Waals surface area contributed by atoms with E-state index in [1.54, 1.807) is 24.5 Å². The predicted molar refractivity (Wildman–Crippen MR) is 133 cm³/mol. The molecule has 2 amide bonds. The molecule has 3 aromatic rings. The summed E-state index contributed by atoms with van der Waals surface area (Å²) in [5, 5.41) is 6.06. The maximum atomic E-state index is 13.2. The Balaban J connectivity index is 1.30. The predicted octanol–water partition coefficient (Wildman–Crippen LogP) is 3.55. The van der Waals surface area contributed by atoms with Gasteiger partial charge in [-0.2, -0.15) is 0 Å². The van der Waals surface area contributed by atoms with Crippen molar-refractivity contribution in [3.63, 3.8) is 0 Å². The highest BCUT2D eigenvalue weighted by molar-refractivity contribution is 6.06. The molecule has 35 heavy (non-hydrogen) atoms. The van der Waals surface area contributed by atoms with Crippen LogP contribution in [-0.2, 0) is 16.6 Å². The van der Waals surface area contributed by atoms with E-state index in [0.717, 1.165) is 17.5 Å². The zero-order chi connectivity index (χ0) is 24.2. The molecule has 2 fully saturated rings. The summed E-state index contributed by atoms with van der Waals surface area (Å²) in [6.45, 7) is 0.587. The third-order valence-electron chi connectivity index (χ3n) is 8.07. The van der Waals surface area contributed by atoms with Crippen LogP contribution >= 0.6 is 0 Å². The molecule has 2 heterocycles. The van der Waals surface area contributed by atoms with E-state index in [-0.39, 0.29) is 18.4 Å². The molecule has 3 unspecified atom stereocenters. The van der Waals surface area contributed by atoms with Crippen molar-refractivity contribution in [2.45, 2.75) is 19.3 Å². The molecule has 3 atom stereocenters. The number of carbonyl (C=O) groups is 2. The largest absolute Gasteiger partial charge is 0.375 e. The van der Waals surface area contributed by atoms with Crippen LogP contribution in [-0.4, -0.2) is 46.6 Å². The first-order valence-electron chi connectivity index (χ1n) is 12.2. The van der Waals surface area contributed by atoms with Crippen molar-refractivity contribution in [2.75, 3.05) is 25.6 Å². The number of carbonyl (C=O) groups excluding carboxylic acids is 2. The van der Waals surface area contributed by atoms with Gasteiger partial charge in [0.2, 0.25) is 5.91 Å². The summed E-state index contributed by atoms with van der Waals surface area (Å²) in [5.41, 5.74) is 3.72. The molecule has 8 heteroatoms. The molecule has 2 aromatic heterocycles. The van der Waals surface area contributed by atoms with E-state index in [4.69, 9.17) is 9.72 Å². The van der Waals surface area contributed by atoms with Gasteiger partial charge in [-0.15, -0.1) is 0 Å². The van der Waals surface area contributed by atoms with Gasteiger partial charge >= 0.3 is 0 Å². The van der Waals surface area contributed by atoms with Crippen molar-refractivity contribution in [2.24, 2.45) is 30.2 Å². The van der Waals surface area contributed by atoms with Crippen molar-refractivity contribution in [1.29, 1.82) is 0 Å². The zero-order valence-corrected chi connectivity index (χ0v) is 20.0. The van der Waals surface area contributed by atoms with Gasteiger partial charge in [0, 0.05) is 44.2 Å². The highest BCUT2D eigenvalue weighted by Crippen LogP contribution is 2.69. The molecule has 3 aliphatic rings. The number of imidazole rings is 1. The molecule has 0 radical (unpaired) electrons. The minimum Gasteiger partial charge on any atom is -0.375 e. The Labute approximate surface area is 203 Å². The second-order valence-corrected chi connectivity index (χ2v) is 10.1. The number of hydrogen-bond donors (Lipinski definition) is 2. The fourth-order valence-electron chi connectivity index (χ4n) is 6.33. The van der Waals surface area contributed by atoms with E-state index in [1.807, 2.05) is 23.7 Å². The molecule has 2 bridgehead atoms. The van der Waals surface area contributed by atoms with Crippen LogP contribution in [0.25, 0.3) is 22.4 Å². The molecule has 8 nitrogen and oxygen atoms in total. The van der Waals surface area contributed by atoms with Gasteiger partial charge in [-0.25, -0.2) is 4.98 Å². The number of anilines is 1. The van der Waals surface area contributed by atoms with Crippen LogP contribution in [0.1, 0.15) is 29.6 Å². The van der Waals surface area contributed by atoms with Crippen LogP contribution in [0.5, 0.6) is 0 Å². The zero-order valence-electron chi connectivity index (χ0n) is 20.0. The number of pyridine rings is 1. The van der Waals surface area contributed by atoms with Crippen LogP contribution in [0.4, 0.5) is 5.69 Å². The molecule has 6 rings (SSSR count). The van der Waals surface area contributed by atoms with Crippen molar-refractivity contribution in [1.82, 2.24) is 19.9 Å². The van der Waals surface area contributed by atoms with Gasteiger partial charge < -0.3 is 19.9 Å². The summed E-state index contributed by atoms with van der Waals surface area (Å²) in [5.74, 6) is 2.03. The van der Waals surface area contributed by atoms with E-state index >= 15 is 0 Å². The van der Waals surface area contributed by atoms with Gasteiger partial charge in [0.15, 0.2) is 0 Å². The van der Waals surface area contributed by atoms with Gasteiger partial charge in [-0.1, -0.05) is 12.2 Å². The minimum atomic E-state index is -0.293. The number of hydrogen-bond acceptors (Lipinski definition) is 5. The third kappa shape index (κ3) is 3.63. The Bertz CT molecular complexity index is 1340. The van der Waals surface area contributed by atoms with Crippen LogP contribution in [0.15, 0.2) is 48.8 Å². The molecule has 3 aliphatic carbocycles. The smallest absolute Gasteiger partial charge is 0.251 e. The number of methoxy groups -OCH3 is 1. The topological polar surface area (TPSA) is 98.1 Å². The highest BCUT2D eigenvalue weighted by atomic mass is 16.5. The van der Waals surface area contributed by atoms with Crippen molar-refractivity contribution in [3.8, 4) is 11.4 Å². The second kappa shape index (κ2) is 8.30. The molecular formula is C27H29N5O3. The number of aryl methyl sites for hydroxylation is 1. The summed E-state index contributed by atoms with van der Waals surface area (Å²) < 4.78 is 6.89. The quantitative estimate of drug-likeness (QED) is 0.514. The molecule has 2 saturated carbocycles. The molecular weight excluding hydrogens is 442 g/mol. The fourth-order valence-corrected chi connectivity index (χ4v) is 6.33. The Morgan fingerprint density at radius 2 is 2.11 bits per heavy atom. The van der Waals surface area contributed by atoms with E-state index in [0.29, 0.717) is 52.3 Å². The minimum absolute atomic E-state index is 0.0786. The van der Waals surface area contributed by atoms with E-state index in [9.17, 15) is 9.59 Å². The van der Waals surface area contributed by atoms with E-state index in [1.165, 1.54) is 20.0 Å². The fraction of sp³-hybridized carbons (Fsp3) is 0.407. The maximum Gasteiger partial charge on any atom is 0.251 e. The lowest BCUT2D eigenvalue weighted by Gasteiger charge is -2.20. The SMILES string of the molecule is COCC(=O)Nc1cc(C(=O)NCC2CC3C=CC2C32CC2)cc2nc(-c3cccnc3)n(C)c12. The molecule has 0 aliphatic heterocycles.